The summed E-state index contributed by atoms with van der Waals surface area (Å²) in [6.07, 6.45) is 3.66. The van der Waals surface area contributed by atoms with E-state index in [4.69, 9.17) is 0 Å². The van der Waals surface area contributed by atoms with E-state index in [2.05, 4.69) is 165 Å². The van der Waals surface area contributed by atoms with Gasteiger partial charge >= 0.3 is 0 Å². The van der Waals surface area contributed by atoms with Gasteiger partial charge in [-0.25, -0.2) is 0 Å². The molecule has 2 aliphatic carbocycles. The van der Waals surface area contributed by atoms with Gasteiger partial charge in [-0.2, -0.15) is 0 Å². The minimum Gasteiger partial charge on any atom is -0.0646 e. The van der Waals surface area contributed by atoms with Crippen molar-refractivity contribution in [2.24, 2.45) is 0 Å². The van der Waals surface area contributed by atoms with Crippen LogP contribution < -0.4 is 16.4 Å². The van der Waals surface area contributed by atoms with Crippen molar-refractivity contribution in [1.82, 2.24) is 0 Å². The van der Waals surface area contributed by atoms with E-state index in [0.29, 0.717) is 5.92 Å². The van der Waals surface area contributed by atoms with E-state index >= 15 is 0 Å². The monoisotopic (exact) mass is 677 g/mol. The van der Waals surface area contributed by atoms with Crippen molar-refractivity contribution in [3.8, 4) is 0 Å². The van der Waals surface area contributed by atoms with Crippen molar-refractivity contribution < 1.29 is 0 Å². The first-order valence-electron chi connectivity index (χ1n) is 20.0. The van der Waals surface area contributed by atoms with Crippen LogP contribution in [0.2, 0.25) is 0 Å². The number of hydrogen-bond donors (Lipinski definition) is 0. The number of hydrogen-bond acceptors (Lipinski definition) is 0. The number of benzene rings is 4. The molecule has 2 unspecified atom stereocenters. The molecule has 0 amide bonds. The summed E-state index contributed by atoms with van der Waals surface area (Å²) in [5.41, 5.74) is 23.3. The second kappa shape index (κ2) is 11.5. The largest absolute Gasteiger partial charge is 0.242 e. The zero-order valence-electron chi connectivity index (χ0n) is 35.0. The summed E-state index contributed by atoms with van der Waals surface area (Å²) in [6, 6.07) is 23.1. The lowest BCUT2D eigenvalue weighted by Gasteiger charge is -2.43. The molecule has 1 aliphatic heterocycles. The van der Waals surface area contributed by atoms with Crippen molar-refractivity contribution >= 4 is 23.1 Å². The van der Waals surface area contributed by atoms with E-state index in [1.165, 1.54) is 74.7 Å². The summed E-state index contributed by atoms with van der Waals surface area (Å²) < 4.78 is 0. The fourth-order valence-electron chi connectivity index (χ4n) is 11.1. The lowest BCUT2D eigenvalue weighted by molar-refractivity contribution is 0.331. The van der Waals surface area contributed by atoms with Gasteiger partial charge in [0, 0.05) is 11.8 Å². The third-order valence-electron chi connectivity index (χ3n) is 14.1. The average Bonchev–Trinajstić information content (AvgIpc) is 3.20. The smallest absolute Gasteiger partial charge is 0.0646 e. The highest BCUT2D eigenvalue weighted by Crippen LogP contribution is 2.51. The fourth-order valence-corrected chi connectivity index (χ4v) is 11.1. The van der Waals surface area contributed by atoms with Crippen LogP contribution >= 0.6 is 0 Å². The molecule has 268 valence electrons. The van der Waals surface area contributed by atoms with Crippen LogP contribution in [0.3, 0.4) is 0 Å². The highest BCUT2D eigenvalue weighted by Gasteiger charge is 2.45. The van der Waals surface area contributed by atoms with Crippen molar-refractivity contribution in [3.63, 3.8) is 0 Å². The maximum Gasteiger partial charge on any atom is 0.242 e. The van der Waals surface area contributed by atoms with Crippen molar-refractivity contribution in [3.05, 3.63) is 121 Å². The molecule has 0 fully saturated rings. The Balaban J connectivity index is 1.57. The Morgan fingerprint density at radius 3 is 1.76 bits per heavy atom. The minimum atomic E-state index is 0.0757. The van der Waals surface area contributed by atoms with E-state index < -0.39 is 0 Å². The standard InChI is InChI=1S/C50H65B/c1-29-21-31(3)45-38(22-29)32(4)35-18-17-34(46(6,7)8)24-43(35)51(45)44-27-42-41(49(13,14)28-50(42,15)16)26-37(44)33(5)36-25-40-39(23-30(36)2)47(9,10)19-20-48(40,11)12/h17-18,21-27,32-33H,19-20,28H2,1-16H3. The zero-order valence-corrected chi connectivity index (χ0v) is 35.0. The summed E-state index contributed by atoms with van der Waals surface area (Å²) in [6.45, 7) is 39.1. The number of aryl methyl sites for hydroxylation is 3. The SMILES string of the molecule is Cc1cc(C)c2c(c1)C(C)c1ccc(C(C)(C)C)cc1B2c1cc2c(cc1C(C)c1cc3c(cc1C)C(C)(C)CCC3(C)C)C(C)(C)CC2(C)C. The second-order valence-corrected chi connectivity index (χ2v) is 21.0. The van der Waals surface area contributed by atoms with Crippen LogP contribution in [0.1, 0.15) is 188 Å². The van der Waals surface area contributed by atoms with E-state index in [0.717, 1.165) is 0 Å². The molecule has 0 saturated carbocycles. The lowest BCUT2D eigenvalue weighted by atomic mass is 9.31. The van der Waals surface area contributed by atoms with Gasteiger partial charge in [0.25, 0.3) is 0 Å². The Bertz CT molecular complexity index is 2070. The summed E-state index contributed by atoms with van der Waals surface area (Å²) in [5, 5.41) is 0. The second-order valence-electron chi connectivity index (χ2n) is 21.0. The molecule has 0 saturated heterocycles. The molecule has 7 rings (SSSR count). The van der Waals surface area contributed by atoms with Gasteiger partial charge in [-0.3, -0.25) is 0 Å². The third kappa shape index (κ3) is 5.70. The van der Waals surface area contributed by atoms with E-state index in [1.807, 2.05) is 0 Å². The van der Waals surface area contributed by atoms with Crippen LogP contribution in [0.25, 0.3) is 0 Å². The van der Waals surface area contributed by atoms with Crippen molar-refractivity contribution in [2.45, 2.75) is 169 Å². The molecule has 0 spiro atoms. The fraction of sp³-hybridized carbons (Fsp3) is 0.520. The first-order valence-corrected chi connectivity index (χ1v) is 20.0. The number of fused-ring (bicyclic) bond motifs is 4. The first kappa shape index (κ1) is 36.3. The third-order valence-corrected chi connectivity index (χ3v) is 14.1. The maximum absolute atomic E-state index is 2.72. The predicted octanol–water partition coefficient (Wildman–Crippen LogP) is 11.4. The molecule has 0 nitrogen and oxygen atoms in total. The van der Waals surface area contributed by atoms with Crippen molar-refractivity contribution in [1.29, 1.82) is 0 Å². The van der Waals surface area contributed by atoms with Crippen LogP contribution in [0.15, 0.2) is 54.6 Å². The van der Waals surface area contributed by atoms with Gasteiger partial charge in [-0.05, 0) is 123 Å². The Morgan fingerprint density at radius 2 is 1.16 bits per heavy atom. The summed E-state index contributed by atoms with van der Waals surface area (Å²) in [4.78, 5) is 0. The predicted molar refractivity (Wildman–Crippen MR) is 224 cm³/mol. The van der Waals surface area contributed by atoms with E-state index in [1.54, 1.807) is 27.7 Å². The topological polar surface area (TPSA) is 0 Å². The normalized spacial score (nSPS) is 21.4. The molecule has 4 aromatic carbocycles. The molecular weight excluding hydrogens is 611 g/mol. The molecule has 3 aliphatic rings. The van der Waals surface area contributed by atoms with Crippen molar-refractivity contribution in [2.75, 3.05) is 0 Å². The molecular formula is C50H65B. The van der Waals surface area contributed by atoms with Gasteiger partial charge in [0.1, 0.15) is 0 Å². The summed E-state index contributed by atoms with van der Waals surface area (Å²) in [7, 11) is 0. The molecule has 1 heteroatoms. The molecule has 51 heavy (non-hydrogen) atoms. The Labute approximate surface area is 312 Å². The Kier molecular flexibility index (Phi) is 8.17. The molecule has 4 aromatic rings. The van der Waals surface area contributed by atoms with Gasteiger partial charge in [0.05, 0.1) is 0 Å². The summed E-state index contributed by atoms with van der Waals surface area (Å²) in [5.74, 6) is 0.622. The van der Waals surface area contributed by atoms with Gasteiger partial charge < -0.3 is 0 Å². The van der Waals surface area contributed by atoms with Gasteiger partial charge in [-0.1, -0.05) is 172 Å². The average molecular weight is 677 g/mol. The molecule has 0 aromatic heterocycles. The maximum atomic E-state index is 2.72. The molecule has 0 N–H and O–H groups in total. The molecule has 2 atom stereocenters. The quantitative estimate of drug-likeness (QED) is 0.190. The summed E-state index contributed by atoms with van der Waals surface area (Å²) >= 11 is 0. The highest BCUT2D eigenvalue weighted by molar-refractivity contribution is 6.97. The van der Waals surface area contributed by atoms with Crippen LogP contribution in [-0.2, 0) is 27.1 Å². The highest BCUT2D eigenvalue weighted by atomic mass is 14.5. The Hall–Kier alpha value is -3.06. The number of rotatable bonds is 3. The lowest BCUT2D eigenvalue weighted by Crippen LogP contribution is -2.60. The van der Waals surface area contributed by atoms with Crippen LogP contribution in [0, 0.1) is 20.8 Å². The van der Waals surface area contributed by atoms with E-state index in [-0.39, 0.29) is 39.7 Å². The van der Waals surface area contributed by atoms with Crippen LogP contribution in [0.4, 0.5) is 0 Å². The van der Waals surface area contributed by atoms with Gasteiger partial charge in [0.2, 0.25) is 6.71 Å². The van der Waals surface area contributed by atoms with Gasteiger partial charge in [0.15, 0.2) is 0 Å². The van der Waals surface area contributed by atoms with Crippen LogP contribution in [-0.4, -0.2) is 6.71 Å². The van der Waals surface area contributed by atoms with E-state index in [9.17, 15) is 0 Å². The molecule has 1 heterocycles. The van der Waals surface area contributed by atoms with Crippen LogP contribution in [0.5, 0.6) is 0 Å². The molecule has 0 bridgehead atoms. The molecule has 0 radical (unpaired) electrons. The first-order chi connectivity index (χ1) is 23.4. The zero-order chi connectivity index (χ0) is 37.4. The minimum absolute atomic E-state index is 0.0757. The Morgan fingerprint density at radius 1 is 0.608 bits per heavy atom. The van der Waals surface area contributed by atoms with Gasteiger partial charge in [-0.15, -0.1) is 0 Å².